The van der Waals surface area contributed by atoms with Gasteiger partial charge in [0.05, 0.1) is 21.5 Å². The zero-order valence-corrected chi connectivity index (χ0v) is 18.7. The highest BCUT2D eigenvalue weighted by Gasteiger charge is 2.31. The number of anilines is 1. The van der Waals surface area contributed by atoms with Crippen LogP contribution in [0.4, 0.5) is 5.69 Å². The van der Waals surface area contributed by atoms with Gasteiger partial charge in [0.1, 0.15) is 0 Å². The Morgan fingerprint density at radius 3 is 2.41 bits per heavy atom. The number of carbonyl (C=O) groups excluding carboxylic acids is 1. The van der Waals surface area contributed by atoms with E-state index in [9.17, 15) is 13.2 Å². The van der Waals surface area contributed by atoms with Gasteiger partial charge in [-0.2, -0.15) is 4.31 Å². The van der Waals surface area contributed by atoms with Crippen LogP contribution in [-0.2, 0) is 10.0 Å². The van der Waals surface area contributed by atoms with Crippen LogP contribution in [0.1, 0.15) is 30.6 Å². The fourth-order valence-electron chi connectivity index (χ4n) is 3.67. The standard InChI is InChI=1S/C21H24Cl2N2O3S/c1-14-8-15(2)13-25(12-14)29(27,28)18-5-3-4-16(9-18)21(26)11-24-17-6-7-19(22)20(23)10-17/h3-7,9-10,14-15,24H,8,11-13H2,1-2H3. The first-order valence-corrected chi connectivity index (χ1v) is 11.7. The Labute approximate surface area is 182 Å². The van der Waals surface area contributed by atoms with E-state index < -0.39 is 10.0 Å². The number of benzene rings is 2. The van der Waals surface area contributed by atoms with E-state index >= 15 is 0 Å². The van der Waals surface area contributed by atoms with E-state index in [0.717, 1.165) is 6.42 Å². The molecule has 0 bridgehead atoms. The van der Waals surface area contributed by atoms with Gasteiger partial charge in [0.15, 0.2) is 5.78 Å². The lowest BCUT2D eigenvalue weighted by molar-refractivity contribution is 0.101. The maximum Gasteiger partial charge on any atom is 0.243 e. The number of nitrogens with zero attached hydrogens (tertiary/aromatic N) is 1. The number of ketones is 1. The van der Waals surface area contributed by atoms with Crippen molar-refractivity contribution in [2.45, 2.75) is 25.2 Å². The van der Waals surface area contributed by atoms with Crippen molar-refractivity contribution in [3.05, 3.63) is 58.1 Å². The van der Waals surface area contributed by atoms with Gasteiger partial charge in [0, 0.05) is 24.3 Å². The van der Waals surface area contributed by atoms with Crippen LogP contribution in [0, 0.1) is 11.8 Å². The molecule has 1 aliphatic heterocycles. The maximum absolute atomic E-state index is 13.1. The van der Waals surface area contributed by atoms with Crippen molar-refractivity contribution in [1.29, 1.82) is 0 Å². The molecule has 0 saturated carbocycles. The van der Waals surface area contributed by atoms with Crippen molar-refractivity contribution in [3.8, 4) is 0 Å². The minimum atomic E-state index is -3.63. The molecule has 0 aromatic heterocycles. The van der Waals surface area contributed by atoms with Gasteiger partial charge in [-0.15, -0.1) is 0 Å². The van der Waals surface area contributed by atoms with Gasteiger partial charge in [-0.25, -0.2) is 8.42 Å². The van der Waals surface area contributed by atoms with Crippen molar-refractivity contribution < 1.29 is 13.2 Å². The van der Waals surface area contributed by atoms with Crippen molar-refractivity contribution in [2.24, 2.45) is 11.8 Å². The van der Waals surface area contributed by atoms with Crippen LogP contribution < -0.4 is 5.32 Å². The zero-order chi connectivity index (χ0) is 21.2. The SMILES string of the molecule is CC1CC(C)CN(S(=O)(=O)c2cccc(C(=O)CNc3ccc(Cl)c(Cl)c3)c2)C1. The minimum Gasteiger partial charge on any atom is -0.378 e. The molecule has 156 valence electrons. The molecule has 2 aromatic carbocycles. The molecule has 5 nitrogen and oxygen atoms in total. The largest absolute Gasteiger partial charge is 0.378 e. The number of hydrogen-bond acceptors (Lipinski definition) is 4. The number of piperidine rings is 1. The molecule has 0 aliphatic carbocycles. The molecule has 3 rings (SSSR count). The number of nitrogens with one attached hydrogen (secondary N) is 1. The predicted octanol–water partition coefficient (Wildman–Crippen LogP) is 4.95. The van der Waals surface area contributed by atoms with Gasteiger partial charge < -0.3 is 5.32 Å². The van der Waals surface area contributed by atoms with E-state index in [1.807, 2.05) is 0 Å². The Morgan fingerprint density at radius 1 is 1.07 bits per heavy atom. The van der Waals surface area contributed by atoms with E-state index in [4.69, 9.17) is 23.2 Å². The summed E-state index contributed by atoms with van der Waals surface area (Å²) in [4.78, 5) is 12.8. The number of halogens is 2. The molecule has 0 radical (unpaired) electrons. The fourth-order valence-corrected chi connectivity index (χ4v) is 5.70. The van der Waals surface area contributed by atoms with Crippen molar-refractivity contribution in [2.75, 3.05) is 25.0 Å². The molecule has 2 aromatic rings. The highest BCUT2D eigenvalue weighted by Crippen LogP contribution is 2.27. The average molecular weight is 455 g/mol. The molecule has 1 N–H and O–H groups in total. The highest BCUT2D eigenvalue weighted by atomic mass is 35.5. The maximum atomic E-state index is 13.1. The van der Waals surface area contributed by atoms with Crippen LogP contribution in [0.25, 0.3) is 0 Å². The summed E-state index contributed by atoms with van der Waals surface area (Å²) >= 11 is 11.9. The first-order valence-electron chi connectivity index (χ1n) is 9.49. The van der Waals surface area contributed by atoms with E-state index in [2.05, 4.69) is 19.2 Å². The molecule has 0 amide bonds. The number of Topliss-reactive ketones (excluding diaryl/α,β-unsaturated/α-hetero) is 1. The van der Waals surface area contributed by atoms with Crippen molar-refractivity contribution in [3.63, 3.8) is 0 Å². The van der Waals surface area contributed by atoms with Crippen LogP contribution in [0.15, 0.2) is 47.4 Å². The number of carbonyl (C=O) groups is 1. The second kappa shape index (κ2) is 9.04. The van der Waals surface area contributed by atoms with Crippen LogP contribution in [0.3, 0.4) is 0 Å². The second-order valence-corrected chi connectivity index (χ2v) is 10.5. The third-order valence-corrected chi connectivity index (χ3v) is 7.57. The lowest BCUT2D eigenvalue weighted by Gasteiger charge is -2.34. The summed E-state index contributed by atoms with van der Waals surface area (Å²) in [7, 11) is -3.63. The molecule has 0 spiro atoms. The molecule has 2 atom stereocenters. The fraction of sp³-hybridized carbons (Fsp3) is 0.381. The van der Waals surface area contributed by atoms with Crippen LogP contribution in [-0.4, -0.2) is 38.1 Å². The zero-order valence-electron chi connectivity index (χ0n) is 16.4. The first-order chi connectivity index (χ1) is 13.7. The van der Waals surface area contributed by atoms with Crippen LogP contribution in [0.5, 0.6) is 0 Å². The Morgan fingerprint density at radius 2 is 1.76 bits per heavy atom. The Bertz CT molecular complexity index is 1000. The van der Waals surface area contributed by atoms with Gasteiger partial charge in [0.25, 0.3) is 0 Å². The molecule has 1 fully saturated rings. The van der Waals surface area contributed by atoms with Gasteiger partial charge in [0.2, 0.25) is 10.0 Å². The number of rotatable bonds is 6. The quantitative estimate of drug-likeness (QED) is 0.626. The van der Waals surface area contributed by atoms with Crippen LogP contribution in [0.2, 0.25) is 10.0 Å². The molecule has 8 heteroatoms. The highest BCUT2D eigenvalue weighted by molar-refractivity contribution is 7.89. The predicted molar refractivity (Wildman–Crippen MR) is 117 cm³/mol. The summed E-state index contributed by atoms with van der Waals surface area (Å²) in [5.74, 6) is 0.413. The lowest BCUT2D eigenvalue weighted by atomic mass is 9.94. The molecule has 1 saturated heterocycles. The number of hydrogen-bond donors (Lipinski definition) is 1. The van der Waals surface area contributed by atoms with E-state index in [1.165, 1.54) is 10.4 Å². The summed E-state index contributed by atoms with van der Waals surface area (Å²) in [6.07, 6.45) is 1.02. The summed E-state index contributed by atoms with van der Waals surface area (Å²) in [5, 5.41) is 3.82. The smallest absolute Gasteiger partial charge is 0.243 e. The Balaban J connectivity index is 1.74. The minimum absolute atomic E-state index is 0.0131. The molecular formula is C21H24Cl2N2O3S. The molecule has 2 unspecified atom stereocenters. The van der Waals surface area contributed by atoms with Gasteiger partial charge >= 0.3 is 0 Å². The van der Waals surface area contributed by atoms with Gasteiger partial charge in [-0.05, 0) is 48.6 Å². The molecule has 1 heterocycles. The third kappa shape index (κ3) is 5.31. The second-order valence-electron chi connectivity index (χ2n) is 7.70. The van der Waals surface area contributed by atoms with Gasteiger partial charge in [-0.1, -0.05) is 49.2 Å². The van der Waals surface area contributed by atoms with Gasteiger partial charge in [-0.3, -0.25) is 4.79 Å². The summed E-state index contributed by atoms with van der Waals surface area (Å²) < 4.78 is 27.7. The first kappa shape index (κ1) is 22.1. The van der Waals surface area contributed by atoms with Crippen molar-refractivity contribution >= 4 is 44.7 Å². The lowest BCUT2D eigenvalue weighted by Crippen LogP contribution is -2.42. The number of sulfonamides is 1. The monoisotopic (exact) mass is 454 g/mol. The van der Waals surface area contributed by atoms with Crippen molar-refractivity contribution in [1.82, 2.24) is 4.31 Å². The topological polar surface area (TPSA) is 66.5 Å². The Hall–Kier alpha value is -1.60. The van der Waals surface area contributed by atoms with E-state index in [-0.39, 0.29) is 17.2 Å². The van der Waals surface area contributed by atoms with E-state index in [0.29, 0.717) is 46.2 Å². The van der Waals surface area contributed by atoms with Crippen LogP contribution >= 0.6 is 23.2 Å². The molecule has 29 heavy (non-hydrogen) atoms. The van der Waals surface area contributed by atoms with E-state index in [1.54, 1.807) is 36.4 Å². The molecule has 1 aliphatic rings. The normalized spacial score (nSPS) is 20.4. The molecular weight excluding hydrogens is 431 g/mol. The Kier molecular flexibility index (Phi) is 6.89. The average Bonchev–Trinajstić information content (AvgIpc) is 2.68. The summed E-state index contributed by atoms with van der Waals surface area (Å²) in [6.45, 7) is 5.15. The summed E-state index contributed by atoms with van der Waals surface area (Å²) in [5.41, 5.74) is 1.00. The third-order valence-electron chi connectivity index (χ3n) is 5.00. The summed E-state index contributed by atoms with van der Waals surface area (Å²) in [6, 6.07) is 11.2.